The molecule has 1 fully saturated rings. The fourth-order valence-electron chi connectivity index (χ4n) is 4.39. The van der Waals surface area contributed by atoms with Crippen LogP contribution in [0.5, 0.6) is 0 Å². The average Bonchev–Trinajstić information content (AvgIpc) is 3.40. The molecule has 0 aromatic carbocycles. The molecule has 182 valence electrons. The van der Waals surface area contributed by atoms with Gasteiger partial charge in [0.1, 0.15) is 5.52 Å². The van der Waals surface area contributed by atoms with Gasteiger partial charge in [-0.15, -0.1) is 0 Å². The van der Waals surface area contributed by atoms with E-state index in [0.717, 1.165) is 45.9 Å². The number of pyridine rings is 1. The number of nitrogens with zero attached hydrogens (tertiary/aromatic N) is 5. The van der Waals surface area contributed by atoms with Crippen molar-refractivity contribution in [2.45, 2.75) is 40.0 Å². The highest BCUT2D eigenvalue weighted by Gasteiger charge is 2.17. The molecule has 5 rings (SSSR count). The van der Waals surface area contributed by atoms with Crippen LogP contribution in [0.4, 0.5) is 0 Å². The van der Waals surface area contributed by atoms with Crippen LogP contribution >= 0.6 is 0 Å². The fraction of sp³-hybridized carbons (Fsp3) is 0.357. The van der Waals surface area contributed by atoms with E-state index in [2.05, 4.69) is 43.8 Å². The zero-order valence-electron chi connectivity index (χ0n) is 21.0. The second-order valence-electron chi connectivity index (χ2n) is 8.57. The molecule has 0 atom stereocenters. The lowest BCUT2D eigenvalue weighted by Gasteiger charge is -2.26. The van der Waals surface area contributed by atoms with Crippen LogP contribution in [0.3, 0.4) is 0 Å². The first-order chi connectivity index (χ1) is 17.2. The van der Waals surface area contributed by atoms with Crippen molar-refractivity contribution in [2.75, 3.05) is 26.2 Å². The molecular weight excluding hydrogens is 434 g/mol. The van der Waals surface area contributed by atoms with Crippen LogP contribution in [0.15, 0.2) is 53.6 Å². The number of hydrogen-bond acceptors (Lipinski definition) is 5. The van der Waals surface area contributed by atoms with Crippen molar-refractivity contribution in [3.8, 4) is 11.5 Å². The summed E-state index contributed by atoms with van der Waals surface area (Å²) in [5.41, 5.74) is 7.49. The normalized spacial score (nSPS) is 16.5. The summed E-state index contributed by atoms with van der Waals surface area (Å²) in [6, 6.07) is 4.08. The Bertz CT molecular complexity index is 1280. The van der Waals surface area contributed by atoms with Gasteiger partial charge in [0, 0.05) is 18.5 Å². The van der Waals surface area contributed by atoms with Crippen molar-refractivity contribution in [3.05, 3.63) is 65.7 Å². The van der Waals surface area contributed by atoms with E-state index in [9.17, 15) is 0 Å². The summed E-state index contributed by atoms with van der Waals surface area (Å²) in [6.07, 6.45) is 15.8. The van der Waals surface area contributed by atoms with Crippen LogP contribution in [0, 0.1) is 6.92 Å². The van der Waals surface area contributed by atoms with Crippen LogP contribution in [0.25, 0.3) is 34.2 Å². The Kier molecular flexibility index (Phi) is 8.21. The molecule has 0 amide bonds. The highest BCUT2D eigenvalue weighted by molar-refractivity contribution is 5.91. The Morgan fingerprint density at radius 3 is 2.74 bits per heavy atom. The molecule has 0 radical (unpaired) electrons. The van der Waals surface area contributed by atoms with Gasteiger partial charge in [0.25, 0.3) is 0 Å². The summed E-state index contributed by atoms with van der Waals surface area (Å²) >= 11 is 0. The number of H-pyrrole nitrogens is 2. The highest BCUT2D eigenvalue weighted by atomic mass is 15.2. The first-order valence-electron chi connectivity index (χ1n) is 12.6. The van der Waals surface area contributed by atoms with Gasteiger partial charge in [-0.2, -0.15) is 5.10 Å². The minimum absolute atomic E-state index is 0.656. The second-order valence-corrected chi connectivity index (χ2v) is 8.57. The second kappa shape index (κ2) is 11.7. The smallest absolute Gasteiger partial charge is 0.161 e. The summed E-state index contributed by atoms with van der Waals surface area (Å²) in [5.74, 6) is 0.701. The van der Waals surface area contributed by atoms with Gasteiger partial charge in [0.15, 0.2) is 11.5 Å². The number of piperidine rings is 1. The van der Waals surface area contributed by atoms with Crippen molar-refractivity contribution in [1.29, 1.82) is 0 Å². The van der Waals surface area contributed by atoms with Gasteiger partial charge in [-0.1, -0.05) is 45.1 Å². The van der Waals surface area contributed by atoms with Crippen molar-refractivity contribution in [1.82, 2.24) is 30.0 Å². The van der Waals surface area contributed by atoms with E-state index >= 15 is 0 Å². The zero-order valence-corrected chi connectivity index (χ0v) is 21.0. The van der Waals surface area contributed by atoms with Gasteiger partial charge in [0.2, 0.25) is 0 Å². The maximum absolute atomic E-state index is 4.99. The number of hydrogen-bond donors (Lipinski definition) is 2. The van der Waals surface area contributed by atoms with Gasteiger partial charge in [0.05, 0.1) is 23.4 Å². The van der Waals surface area contributed by atoms with E-state index < -0.39 is 0 Å². The number of nitrogens with one attached hydrogen (secondary N) is 2. The Labute approximate surface area is 207 Å². The lowest BCUT2D eigenvalue weighted by Crippen LogP contribution is -2.31. The van der Waals surface area contributed by atoms with E-state index in [-0.39, 0.29) is 0 Å². The number of aromatic nitrogens is 5. The van der Waals surface area contributed by atoms with Gasteiger partial charge in [-0.05, 0) is 68.3 Å². The number of rotatable bonds is 6. The molecule has 7 nitrogen and oxygen atoms in total. The van der Waals surface area contributed by atoms with Crippen molar-refractivity contribution < 1.29 is 0 Å². The topological polar surface area (TPSA) is 85.8 Å². The highest BCUT2D eigenvalue weighted by Crippen LogP contribution is 2.27. The molecule has 35 heavy (non-hydrogen) atoms. The zero-order chi connectivity index (χ0) is 24.6. The Morgan fingerprint density at radius 2 is 1.94 bits per heavy atom. The van der Waals surface area contributed by atoms with Gasteiger partial charge >= 0.3 is 0 Å². The number of likely N-dealkylation sites (tertiary alicyclic amines) is 1. The summed E-state index contributed by atoms with van der Waals surface area (Å²) in [6.45, 7) is 13.7. The van der Waals surface area contributed by atoms with E-state index in [4.69, 9.17) is 9.97 Å². The van der Waals surface area contributed by atoms with Gasteiger partial charge < -0.3 is 4.98 Å². The predicted molar refractivity (Wildman–Crippen MR) is 146 cm³/mol. The van der Waals surface area contributed by atoms with E-state index in [1.165, 1.54) is 37.9 Å². The van der Waals surface area contributed by atoms with Crippen molar-refractivity contribution in [3.63, 3.8) is 0 Å². The third kappa shape index (κ3) is 5.74. The SMILES string of the molecule is C=C/C=C\c1nc(-c2n[nH]c3ccc(C4=CCN=CC(CN5CCCCC5)=C4)nc23)[nH]c1C.CC. The van der Waals surface area contributed by atoms with E-state index in [1.807, 2.05) is 51.3 Å². The van der Waals surface area contributed by atoms with Crippen LogP contribution in [-0.2, 0) is 0 Å². The quantitative estimate of drug-likeness (QED) is 0.449. The number of aliphatic imine (C=N–C) groups is 1. The maximum Gasteiger partial charge on any atom is 0.161 e. The van der Waals surface area contributed by atoms with Crippen LogP contribution in [-0.4, -0.2) is 62.4 Å². The summed E-state index contributed by atoms with van der Waals surface area (Å²) in [5, 5.41) is 7.60. The van der Waals surface area contributed by atoms with Crippen molar-refractivity contribution in [2.24, 2.45) is 4.99 Å². The monoisotopic (exact) mass is 469 g/mol. The molecule has 2 aliphatic rings. The van der Waals surface area contributed by atoms with Crippen LogP contribution in [0.2, 0.25) is 0 Å². The molecule has 3 aromatic heterocycles. The van der Waals surface area contributed by atoms with Crippen molar-refractivity contribution >= 4 is 28.9 Å². The first-order valence-corrected chi connectivity index (χ1v) is 12.6. The number of aromatic amines is 2. The number of allylic oxidation sites excluding steroid dienone is 4. The summed E-state index contributed by atoms with van der Waals surface area (Å²) in [4.78, 5) is 20.1. The molecule has 0 unspecified atom stereocenters. The van der Waals surface area contributed by atoms with Crippen LogP contribution < -0.4 is 0 Å². The molecule has 0 saturated carbocycles. The minimum Gasteiger partial charge on any atom is -0.340 e. The Balaban J connectivity index is 0.00000141. The number of imidazole rings is 1. The molecule has 5 heterocycles. The molecule has 2 N–H and O–H groups in total. The molecule has 3 aromatic rings. The number of aryl methyl sites for hydroxylation is 1. The summed E-state index contributed by atoms with van der Waals surface area (Å²) in [7, 11) is 0. The largest absolute Gasteiger partial charge is 0.340 e. The van der Waals surface area contributed by atoms with Gasteiger partial charge in [-0.25, -0.2) is 9.97 Å². The average molecular weight is 470 g/mol. The van der Waals surface area contributed by atoms with Crippen LogP contribution in [0.1, 0.15) is 50.2 Å². The molecule has 0 spiro atoms. The van der Waals surface area contributed by atoms with Gasteiger partial charge in [-0.3, -0.25) is 15.0 Å². The molecule has 2 aliphatic heterocycles. The molecule has 1 saturated heterocycles. The first kappa shape index (κ1) is 24.5. The molecular formula is C28H35N7. The maximum atomic E-state index is 4.99. The third-order valence-electron chi connectivity index (χ3n) is 6.11. The standard InChI is InChI=1S/C26H29N7.C2H6/c1-3-4-8-21-18(2)28-26(30-21)25-24-23(31-32-25)10-9-22(29-24)20-11-12-27-16-19(15-20)17-33-13-6-5-7-14-33;1-2/h3-4,8-11,15-16H,1,5-7,12-14,17H2,2H3,(H,28,30)(H,31,32);1-2H3/b8-4-;. The van der Waals surface area contributed by atoms with E-state index in [0.29, 0.717) is 12.4 Å². The molecule has 0 bridgehead atoms. The predicted octanol–water partition coefficient (Wildman–Crippen LogP) is 5.76. The molecule has 7 heteroatoms. The number of fused-ring (bicyclic) bond motifs is 1. The summed E-state index contributed by atoms with van der Waals surface area (Å²) < 4.78 is 0. The lowest BCUT2D eigenvalue weighted by molar-refractivity contribution is 0.249. The Morgan fingerprint density at radius 1 is 1.11 bits per heavy atom. The fourth-order valence-corrected chi connectivity index (χ4v) is 4.39. The molecule has 0 aliphatic carbocycles. The van der Waals surface area contributed by atoms with E-state index in [1.54, 1.807) is 6.08 Å². The lowest BCUT2D eigenvalue weighted by atomic mass is 10.1. The Hall–Kier alpha value is -3.58. The minimum atomic E-state index is 0.656. The third-order valence-corrected chi connectivity index (χ3v) is 6.11.